The van der Waals surface area contributed by atoms with E-state index in [9.17, 15) is 9.18 Å². The molecule has 1 N–H and O–H groups in total. The van der Waals surface area contributed by atoms with Gasteiger partial charge in [-0.1, -0.05) is 24.3 Å². The first kappa shape index (κ1) is 16.6. The standard InChI is InChI=1S/C19H15FN6O/c20-15-8-2-1-7-14(15)19-22-23-24-26(19)13-18(27)21-16-9-3-4-10-17(16)25-11-5-6-12-25/h1-12H,13H2,(H,21,27). The zero-order chi connectivity index (χ0) is 18.6. The first-order valence-corrected chi connectivity index (χ1v) is 8.25. The van der Waals surface area contributed by atoms with E-state index in [-0.39, 0.29) is 23.8 Å². The number of para-hydroxylation sites is 2. The lowest BCUT2D eigenvalue weighted by Crippen LogP contribution is -2.21. The number of anilines is 1. The molecule has 1 amide bonds. The number of hydrogen-bond donors (Lipinski definition) is 1. The molecular weight excluding hydrogens is 347 g/mol. The molecular formula is C19H15FN6O. The highest BCUT2D eigenvalue weighted by molar-refractivity contribution is 5.92. The van der Waals surface area contributed by atoms with E-state index in [2.05, 4.69) is 20.8 Å². The maximum absolute atomic E-state index is 14.0. The molecule has 0 saturated heterocycles. The number of rotatable bonds is 5. The summed E-state index contributed by atoms with van der Waals surface area (Å²) >= 11 is 0. The van der Waals surface area contributed by atoms with Crippen LogP contribution in [0, 0.1) is 5.82 Å². The largest absolute Gasteiger partial charge is 0.323 e. The van der Waals surface area contributed by atoms with E-state index in [4.69, 9.17) is 0 Å². The molecule has 0 atom stereocenters. The highest BCUT2D eigenvalue weighted by Gasteiger charge is 2.16. The predicted octanol–water partition coefficient (Wildman–Crippen LogP) is 2.91. The van der Waals surface area contributed by atoms with Gasteiger partial charge in [-0.15, -0.1) is 5.10 Å². The Hall–Kier alpha value is -3.81. The normalized spacial score (nSPS) is 10.7. The van der Waals surface area contributed by atoms with E-state index < -0.39 is 5.82 Å². The number of nitrogens with zero attached hydrogens (tertiary/aromatic N) is 5. The molecule has 0 fully saturated rings. The van der Waals surface area contributed by atoms with Gasteiger partial charge in [0.05, 0.1) is 16.9 Å². The minimum absolute atomic E-state index is 0.142. The third-order valence-electron chi connectivity index (χ3n) is 4.00. The van der Waals surface area contributed by atoms with Gasteiger partial charge in [0, 0.05) is 12.4 Å². The zero-order valence-corrected chi connectivity index (χ0v) is 14.2. The topological polar surface area (TPSA) is 77.6 Å². The van der Waals surface area contributed by atoms with Crippen molar-refractivity contribution in [1.82, 2.24) is 24.8 Å². The third-order valence-corrected chi connectivity index (χ3v) is 4.00. The minimum Gasteiger partial charge on any atom is -0.323 e. The molecule has 0 spiro atoms. The van der Waals surface area contributed by atoms with Crippen molar-refractivity contribution in [2.45, 2.75) is 6.54 Å². The van der Waals surface area contributed by atoms with Crippen molar-refractivity contribution in [1.29, 1.82) is 0 Å². The summed E-state index contributed by atoms with van der Waals surface area (Å²) in [5.41, 5.74) is 1.73. The van der Waals surface area contributed by atoms with Gasteiger partial charge in [-0.05, 0) is 46.8 Å². The molecule has 0 bridgehead atoms. The fraction of sp³-hybridized carbons (Fsp3) is 0.0526. The van der Waals surface area contributed by atoms with E-state index >= 15 is 0 Å². The summed E-state index contributed by atoms with van der Waals surface area (Å²) in [5, 5.41) is 14.1. The molecule has 2 heterocycles. The van der Waals surface area contributed by atoms with Gasteiger partial charge in [-0.25, -0.2) is 9.07 Å². The Morgan fingerprint density at radius 2 is 1.74 bits per heavy atom. The lowest BCUT2D eigenvalue weighted by atomic mass is 10.2. The molecule has 0 radical (unpaired) electrons. The quantitative estimate of drug-likeness (QED) is 0.592. The highest BCUT2D eigenvalue weighted by atomic mass is 19.1. The van der Waals surface area contributed by atoms with Crippen molar-refractivity contribution >= 4 is 11.6 Å². The van der Waals surface area contributed by atoms with Gasteiger partial charge < -0.3 is 9.88 Å². The van der Waals surface area contributed by atoms with Gasteiger partial charge in [0.25, 0.3) is 0 Å². The molecule has 7 nitrogen and oxygen atoms in total. The molecule has 2 aromatic carbocycles. The highest BCUT2D eigenvalue weighted by Crippen LogP contribution is 2.21. The molecule has 4 aromatic rings. The van der Waals surface area contributed by atoms with Crippen LogP contribution in [0.15, 0.2) is 73.1 Å². The Kier molecular flexibility index (Phi) is 4.44. The summed E-state index contributed by atoms with van der Waals surface area (Å²) in [6.45, 7) is -0.142. The number of hydrogen-bond acceptors (Lipinski definition) is 4. The van der Waals surface area contributed by atoms with Gasteiger partial charge >= 0.3 is 0 Å². The van der Waals surface area contributed by atoms with Crippen molar-refractivity contribution < 1.29 is 9.18 Å². The number of aromatic nitrogens is 5. The van der Waals surface area contributed by atoms with Crippen LogP contribution in [-0.4, -0.2) is 30.7 Å². The number of amides is 1. The lowest BCUT2D eigenvalue weighted by Gasteiger charge is -2.12. The molecule has 0 saturated carbocycles. The first-order valence-electron chi connectivity index (χ1n) is 8.25. The fourth-order valence-corrected chi connectivity index (χ4v) is 2.77. The van der Waals surface area contributed by atoms with E-state index in [1.807, 2.05) is 53.4 Å². The van der Waals surface area contributed by atoms with E-state index in [0.29, 0.717) is 5.69 Å². The fourth-order valence-electron chi connectivity index (χ4n) is 2.77. The van der Waals surface area contributed by atoms with Crippen LogP contribution in [-0.2, 0) is 11.3 Å². The smallest absolute Gasteiger partial charge is 0.246 e. The van der Waals surface area contributed by atoms with Crippen LogP contribution in [0.4, 0.5) is 10.1 Å². The summed E-state index contributed by atoms with van der Waals surface area (Å²) < 4.78 is 17.2. The van der Waals surface area contributed by atoms with E-state index in [1.165, 1.54) is 10.7 Å². The second-order valence-corrected chi connectivity index (χ2v) is 5.80. The Labute approximate surface area is 154 Å². The molecule has 134 valence electrons. The molecule has 2 aromatic heterocycles. The minimum atomic E-state index is -0.452. The van der Waals surface area contributed by atoms with Crippen LogP contribution in [0.2, 0.25) is 0 Å². The number of nitrogens with one attached hydrogen (secondary N) is 1. The van der Waals surface area contributed by atoms with Crippen molar-refractivity contribution in [2.24, 2.45) is 0 Å². The molecule has 4 rings (SSSR count). The van der Waals surface area contributed by atoms with Gasteiger partial charge in [0.1, 0.15) is 12.4 Å². The second-order valence-electron chi connectivity index (χ2n) is 5.80. The van der Waals surface area contributed by atoms with Crippen LogP contribution in [0.3, 0.4) is 0 Å². The van der Waals surface area contributed by atoms with Crippen molar-refractivity contribution in [3.63, 3.8) is 0 Å². The summed E-state index contributed by atoms with van der Waals surface area (Å²) in [7, 11) is 0. The number of carbonyl (C=O) groups excluding carboxylic acids is 1. The SMILES string of the molecule is O=C(Cn1nnnc1-c1ccccc1F)Nc1ccccc1-n1cccc1. The molecule has 27 heavy (non-hydrogen) atoms. The summed E-state index contributed by atoms with van der Waals surface area (Å²) in [4.78, 5) is 12.5. The molecule has 8 heteroatoms. The number of carbonyl (C=O) groups is 1. The van der Waals surface area contributed by atoms with Crippen molar-refractivity contribution in [3.8, 4) is 17.1 Å². The second kappa shape index (κ2) is 7.20. The lowest BCUT2D eigenvalue weighted by molar-refractivity contribution is -0.116. The summed E-state index contributed by atoms with van der Waals surface area (Å²) in [6.07, 6.45) is 3.78. The third kappa shape index (κ3) is 3.45. The Balaban J connectivity index is 1.56. The average Bonchev–Trinajstić information content (AvgIpc) is 3.35. The molecule has 0 aliphatic carbocycles. The number of halogens is 1. The number of benzene rings is 2. The van der Waals surface area contributed by atoms with Crippen LogP contribution in [0.5, 0.6) is 0 Å². The van der Waals surface area contributed by atoms with Crippen LogP contribution < -0.4 is 5.32 Å². The van der Waals surface area contributed by atoms with Gasteiger partial charge in [0.15, 0.2) is 5.82 Å². The Morgan fingerprint density at radius 1 is 1.00 bits per heavy atom. The molecule has 0 aliphatic heterocycles. The van der Waals surface area contributed by atoms with E-state index in [1.54, 1.807) is 18.2 Å². The monoisotopic (exact) mass is 362 g/mol. The first-order chi connectivity index (χ1) is 13.2. The van der Waals surface area contributed by atoms with Crippen LogP contribution in [0.1, 0.15) is 0 Å². The van der Waals surface area contributed by atoms with Crippen molar-refractivity contribution in [2.75, 3.05) is 5.32 Å². The van der Waals surface area contributed by atoms with Crippen LogP contribution in [0.25, 0.3) is 17.1 Å². The summed E-state index contributed by atoms with van der Waals surface area (Å²) in [5.74, 6) is -0.576. The maximum atomic E-state index is 14.0. The zero-order valence-electron chi connectivity index (χ0n) is 14.2. The molecule has 0 aliphatic rings. The van der Waals surface area contributed by atoms with Gasteiger partial charge in [-0.2, -0.15) is 0 Å². The molecule has 0 unspecified atom stereocenters. The average molecular weight is 362 g/mol. The Morgan fingerprint density at radius 3 is 2.56 bits per heavy atom. The maximum Gasteiger partial charge on any atom is 0.246 e. The Bertz CT molecular complexity index is 1070. The van der Waals surface area contributed by atoms with E-state index in [0.717, 1.165) is 5.69 Å². The van der Waals surface area contributed by atoms with Crippen molar-refractivity contribution in [3.05, 3.63) is 78.9 Å². The summed E-state index contributed by atoms with van der Waals surface area (Å²) in [6, 6.07) is 17.4. The van der Waals surface area contributed by atoms with Gasteiger partial charge in [0.2, 0.25) is 5.91 Å². The van der Waals surface area contributed by atoms with Gasteiger partial charge in [-0.3, -0.25) is 4.79 Å². The van der Waals surface area contributed by atoms with Crippen LogP contribution >= 0.6 is 0 Å². The number of tetrazole rings is 1. The predicted molar refractivity (Wildman–Crippen MR) is 97.6 cm³/mol.